The summed E-state index contributed by atoms with van der Waals surface area (Å²) in [6, 6.07) is 7.54. The molecule has 0 spiro atoms. The van der Waals surface area contributed by atoms with Crippen molar-refractivity contribution < 1.29 is 17.5 Å². The van der Waals surface area contributed by atoms with Crippen molar-refractivity contribution in [1.29, 1.82) is 0 Å². The van der Waals surface area contributed by atoms with E-state index >= 15 is 0 Å². The topological polar surface area (TPSA) is 83.9 Å². The monoisotopic (exact) mass is 420 g/mol. The zero-order valence-electron chi connectivity index (χ0n) is 16.7. The van der Waals surface area contributed by atoms with Crippen molar-refractivity contribution in [2.45, 2.75) is 25.2 Å². The van der Waals surface area contributed by atoms with E-state index in [4.69, 9.17) is 4.74 Å². The summed E-state index contributed by atoms with van der Waals surface area (Å²) < 4.78 is 45.8. The van der Waals surface area contributed by atoms with Crippen molar-refractivity contribution >= 4 is 22.1 Å². The molecule has 156 valence electrons. The molecule has 1 aliphatic rings. The number of aromatic nitrogens is 1. The van der Waals surface area contributed by atoms with Crippen LogP contribution >= 0.6 is 0 Å². The number of hydrazone groups is 1. The van der Waals surface area contributed by atoms with Crippen LogP contribution in [0.5, 0.6) is 5.75 Å². The SMILES string of the molecule is COc1ccc(/C=N\Nc2ccc(S(=O)(=O)N3C[C@H](C)C[C@@H](C)C3)cn2)cc1F. The highest BCUT2D eigenvalue weighted by molar-refractivity contribution is 7.89. The average Bonchev–Trinajstić information content (AvgIpc) is 2.68. The van der Waals surface area contributed by atoms with E-state index in [-0.39, 0.29) is 10.6 Å². The molecule has 3 rings (SSSR count). The second-order valence-electron chi connectivity index (χ2n) is 7.41. The van der Waals surface area contributed by atoms with Gasteiger partial charge in [0.2, 0.25) is 10.0 Å². The van der Waals surface area contributed by atoms with Gasteiger partial charge in [-0.05, 0) is 54.2 Å². The minimum absolute atomic E-state index is 0.158. The molecule has 1 aliphatic heterocycles. The minimum Gasteiger partial charge on any atom is -0.494 e. The van der Waals surface area contributed by atoms with E-state index in [1.165, 1.54) is 42.0 Å². The van der Waals surface area contributed by atoms with Crippen LogP contribution in [0.2, 0.25) is 0 Å². The third-order valence-corrected chi connectivity index (χ3v) is 6.59. The van der Waals surface area contributed by atoms with Crippen molar-refractivity contribution in [1.82, 2.24) is 9.29 Å². The summed E-state index contributed by atoms with van der Waals surface area (Å²) in [5, 5.41) is 4.01. The highest BCUT2D eigenvalue weighted by Gasteiger charge is 2.31. The number of hydrogen-bond acceptors (Lipinski definition) is 6. The minimum atomic E-state index is -3.57. The van der Waals surface area contributed by atoms with Crippen molar-refractivity contribution in [3.8, 4) is 5.75 Å². The first-order valence-electron chi connectivity index (χ1n) is 9.38. The molecule has 0 aliphatic carbocycles. The summed E-state index contributed by atoms with van der Waals surface area (Å²) in [5.74, 6) is 0.727. The third-order valence-electron chi connectivity index (χ3n) is 4.78. The van der Waals surface area contributed by atoms with Gasteiger partial charge >= 0.3 is 0 Å². The van der Waals surface area contributed by atoms with Crippen LogP contribution in [0, 0.1) is 17.7 Å². The van der Waals surface area contributed by atoms with Gasteiger partial charge in [-0.1, -0.05) is 13.8 Å². The van der Waals surface area contributed by atoms with Crippen LogP contribution in [-0.4, -0.2) is 44.1 Å². The number of pyridine rings is 1. The van der Waals surface area contributed by atoms with E-state index in [0.717, 1.165) is 6.42 Å². The van der Waals surface area contributed by atoms with Gasteiger partial charge in [-0.15, -0.1) is 0 Å². The molecule has 2 aromatic rings. The van der Waals surface area contributed by atoms with Crippen LogP contribution in [0.1, 0.15) is 25.8 Å². The van der Waals surface area contributed by atoms with Crippen LogP contribution in [0.15, 0.2) is 46.5 Å². The van der Waals surface area contributed by atoms with Crippen LogP contribution in [0.25, 0.3) is 0 Å². The molecule has 1 aromatic heterocycles. The van der Waals surface area contributed by atoms with Gasteiger partial charge in [0, 0.05) is 19.3 Å². The number of anilines is 1. The average molecular weight is 421 g/mol. The first-order valence-corrected chi connectivity index (χ1v) is 10.8. The highest BCUT2D eigenvalue weighted by atomic mass is 32.2. The summed E-state index contributed by atoms with van der Waals surface area (Å²) in [6.45, 7) is 5.18. The van der Waals surface area contributed by atoms with Gasteiger partial charge in [0.1, 0.15) is 10.7 Å². The Labute approximate surface area is 170 Å². The Morgan fingerprint density at radius 3 is 2.55 bits per heavy atom. The van der Waals surface area contributed by atoms with Crippen molar-refractivity contribution in [3.05, 3.63) is 47.9 Å². The predicted molar refractivity (Wildman–Crippen MR) is 110 cm³/mol. The van der Waals surface area contributed by atoms with E-state index in [1.807, 2.05) is 0 Å². The zero-order chi connectivity index (χ0) is 21.0. The first-order chi connectivity index (χ1) is 13.8. The quantitative estimate of drug-likeness (QED) is 0.572. The Bertz CT molecular complexity index is 970. The molecular formula is C20H25FN4O3S. The number of methoxy groups -OCH3 is 1. The first kappa shape index (κ1) is 21.2. The van der Waals surface area contributed by atoms with Crippen LogP contribution in [-0.2, 0) is 10.0 Å². The Morgan fingerprint density at radius 2 is 1.97 bits per heavy atom. The number of rotatable bonds is 6. The molecule has 0 radical (unpaired) electrons. The fourth-order valence-corrected chi connectivity index (χ4v) is 5.11. The van der Waals surface area contributed by atoms with Gasteiger partial charge < -0.3 is 4.74 Å². The van der Waals surface area contributed by atoms with Gasteiger partial charge in [0.25, 0.3) is 0 Å². The molecule has 0 unspecified atom stereocenters. The molecule has 1 saturated heterocycles. The zero-order valence-corrected chi connectivity index (χ0v) is 17.5. The Balaban J connectivity index is 1.66. The largest absolute Gasteiger partial charge is 0.494 e. The highest BCUT2D eigenvalue weighted by Crippen LogP contribution is 2.26. The lowest BCUT2D eigenvalue weighted by Crippen LogP contribution is -2.42. The molecule has 29 heavy (non-hydrogen) atoms. The molecule has 9 heteroatoms. The molecule has 2 atom stereocenters. The maximum absolute atomic E-state index is 13.7. The van der Waals surface area contributed by atoms with E-state index in [0.29, 0.717) is 36.3 Å². The summed E-state index contributed by atoms with van der Waals surface area (Å²) >= 11 is 0. The molecule has 7 nitrogen and oxygen atoms in total. The number of ether oxygens (including phenoxy) is 1. The molecule has 1 aromatic carbocycles. The van der Waals surface area contributed by atoms with E-state index in [9.17, 15) is 12.8 Å². The molecular weight excluding hydrogens is 395 g/mol. The van der Waals surface area contributed by atoms with E-state index < -0.39 is 15.8 Å². The predicted octanol–water partition coefficient (Wildman–Crippen LogP) is 3.34. The molecule has 1 N–H and O–H groups in total. The van der Waals surface area contributed by atoms with Gasteiger partial charge in [0.05, 0.1) is 13.3 Å². The molecule has 0 amide bonds. The standard InChI is InChI=1S/C20H25FN4O3S/c1-14-8-15(2)13-25(12-14)29(26,27)17-5-7-20(22-11-17)24-23-10-16-4-6-19(28-3)18(21)9-16/h4-7,9-11,14-15H,8,12-13H2,1-3H3,(H,22,24)/b23-10-/t14-,15-/m1/s1. The lowest BCUT2D eigenvalue weighted by molar-refractivity contribution is 0.222. The van der Waals surface area contributed by atoms with Crippen LogP contribution < -0.4 is 10.2 Å². The van der Waals surface area contributed by atoms with Crippen molar-refractivity contribution in [2.24, 2.45) is 16.9 Å². The normalized spacial score (nSPS) is 20.7. The summed E-state index contributed by atoms with van der Waals surface area (Å²) in [7, 11) is -2.17. The fraction of sp³-hybridized carbons (Fsp3) is 0.400. The lowest BCUT2D eigenvalue weighted by atomic mass is 9.94. The summed E-state index contributed by atoms with van der Waals surface area (Å²) in [4.78, 5) is 4.29. The number of hydrogen-bond donors (Lipinski definition) is 1. The number of halogens is 1. The van der Waals surface area contributed by atoms with Gasteiger partial charge in [0.15, 0.2) is 11.6 Å². The maximum atomic E-state index is 13.7. The summed E-state index contributed by atoms with van der Waals surface area (Å²) in [6.07, 6.45) is 3.79. The second kappa shape index (κ2) is 8.87. The van der Waals surface area contributed by atoms with Crippen LogP contribution in [0.4, 0.5) is 10.2 Å². The number of sulfonamides is 1. The van der Waals surface area contributed by atoms with Crippen molar-refractivity contribution in [2.75, 3.05) is 25.6 Å². The maximum Gasteiger partial charge on any atom is 0.244 e. The lowest BCUT2D eigenvalue weighted by Gasteiger charge is -2.33. The number of nitrogens with zero attached hydrogens (tertiary/aromatic N) is 3. The molecule has 0 saturated carbocycles. The van der Waals surface area contributed by atoms with Gasteiger partial charge in [-0.3, -0.25) is 5.43 Å². The van der Waals surface area contributed by atoms with Gasteiger partial charge in [-0.2, -0.15) is 9.41 Å². The number of benzene rings is 1. The van der Waals surface area contributed by atoms with E-state index in [1.54, 1.807) is 12.1 Å². The molecule has 1 fully saturated rings. The summed E-state index contributed by atoms with van der Waals surface area (Å²) in [5.41, 5.74) is 3.25. The van der Waals surface area contributed by atoms with Gasteiger partial charge in [-0.25, -0.2) is 17.8 Å². The van der Waals surface area contributed by atoms with Crippen LogP contribution in [0.3, 0.4) is 0 Å². The number of piperidine rings is 1. The fourth-order valence-electron chi connectivity index (χ4n) is 3.49. The smallest absolute Gasteiger partial charge is 0.244 e. The third kappa shape index (κ3) is 5.10. The Morgan fingerprint density at radius 1 is 1.24 bits per heavy atom. The Hall–Kier alpha value is -2.52. The molecule has 2 heterocycles. The molecule has 0 bridgehead atoms. The van der Waals surface area contributed by atoms with Crippen molar-refractivity contribution in [3.63, 3.8) is 0 Å². The second-order valence-corrected chi connectivity index (χ2v) is 9.35. The number of nitrogens with one attached hydrogen (secondary N) is 1. The van der Waals surface area contributed by atoms with E-state index in [2.05, 4.69) is 29.4 Å². The Kier molecular flexibility index (Phi) is 6.49.